The van der Waals surface area contributed by atoms with Crippen LogP contribution in [0.4, 0.5) is 0 Å². The van der Waals surface area contributed by atoms with E-state index in [1.54, 1.807) is 16.8 Å². The first-order valence-corrected chi connectivity index (χ1v) is 13.1. The number of rotatable bonds is 4. The van der Waals surface area contributed by atoms with Gasteiger partial charge in [0.25, 0.3) is 5.56 Å². The Bertz CT molecular complexity index is 1540. The largest absolute Gasteiger partial charge is 0.458 e. The molecule has 3 aromatic heterocycles. The maximum absolute atomic E-state index is 13.3. The Morgan fingerprint density at radius 2 is 1.92 bits per heavy atom. The molecule has 1 aromatic carbocycles. The lowest BCUT2D eigenvalue weighted by Gasteiger charge is -2.21. The van der Waals surface area contributed by atoms with Gasteiger partial charge in [0.15, 0.2) is 6.10 Å². The Labute approximate surface area is 224 Å². The van der Waals surface area contributed by atoms with Crippen molar-refractivity contribution in [1.82, 2.24) is 14.5 Å². The SMILES string of the molecule is CC.O=C1OCc2c(cc3n(c2=O)Cc2c-3nc3ccc4ncccc4c3c2CCCCBr)C1O.S. The molecule has 0 bridgehead atoms. The number of carbonyl (C=O) groups is 1. The molecule has 188 valence electrons. The normalized spacial score (nSPS) is 15.3. The van der Waals surface area contributed by atoms with E-state index in [0.717, 1.165) is 57.7 Å². The predicted molar refractivity (Wildman–Crippen MR) is 149 cm³/mol. The molecule has 0 saturated heterocycles. The molecule has 9 heteroatoms. The molecular weight excluding hydrogens is 542 g/mol. The summed E-state index contributed by atoms with van der Waals surface area (Å²) in [6.45, 7) is 4.29. The number of aromatic nitrogens is 3. The molecule has 36 heavy (non-hydrogen) atoms. The summed E-state index contributed by atoms with van der Waals surface area (Å²) in [4.78, 5) is 34.7. The van der Waals surface area contributed by atoms with Crippen LogP contribution >= 0.6 is 29.4 Å². The maximum atomic E-state index is 13.3. The number of benzene rings is 1. The highest BCUT2D eigenvalue weighted by atomic mass is 79.9. The summed E-state index contributed by atoms with van der Waals surface area (Å²) in [6, 6.07) is 9.68. The quantitative estimate of drug-likeness (QED) is 0.143. The number of alkyl halides is 1. The molecule has 2 aliphatic rings. The zero-order valence-electron chi connectivity index (χ0n) is 20.2. The number of ether oxygens (including phenoxy) is 1. The first-order chi connectivity index (χ1) is 17.1. The number of unbranched alkanes of at least 4 members (excludes halogenated alkanes) is 1. The fourth-order valence-corrected chi connectivity index (χ4v) is 5.44. The molecule has 1 atom stereocenters. The van der Waals surface area contributed by atoms with Gasteiger partial charge >= 0.3 is 5.97 Å². The van der Waals surface area contributed by atoms with Gasteiger partial charge in [-0.3, -0.25) is 9.78 Å². The molecule has 7 nitrogen and oxygen atoms in total. The van der Waals surface area contributed by atoms with Gasteiger partial charge in [-0.25, -0.2) is 9.78 Å². The lowest BCUT2D eigenvalue weighted by Crippen LogP contribution is -2.32. The average Bonchev–Trinajstić information content (AvgIpc) is 3.26. The number of cyclic esters (lactones) is 1. The number of aryl methyl sites for hydroxylation is 1. The number of esters is 1. The van der Waals surface area contributed by atoms with E-state index in [9.17, 15) is 14.7 Å². The predicted octanol–water partition coefficient (Wildman–Crippen LogP) is 4.92. The minimum Gasteiger partial charge on any atom is -0.458 e. The fraction of sp³-hybridized carbons (Fsp3) is 0.333. The van der Waals surface area contributed by atoms with Crippen molar-refractivity contribution in [3.05, 3.63) is 69.1 Å². The van der Waals surface area contributed by atoms with E-state index >= 15 is 0 Å². The van der Waals surface area contributed by atoms with Gasteiger partial charge in [0.2, 0.25) is 0 Å². The third-order valence-corrected chi connectivity index (χ3v) is 7.19. The number of hydrogen-bond acceptors (Lipinski definition) is 6. The van der Waals surface area contributed by atoms with Crippen LogP contribution in [0.25, 0.3) is 33.2 Å². The van der Waals surface area contributed by atoms with Crippen molar-refractivity contribution in [3.8, 4) is 11.4 Å². The topological polar surface area (TPSA) is 94.3 Å². The number of nitrogens with zero attached hydrogens (tertiary/aromatic N) is 3. The van der Waals surface area contributed by atoms with Gasteiger partial charge in [0.1, 0.15) is 6.61 Å². The first-order valence-electron chi connectivity index (χ1n) is 12.0. The van der Waals surface area contributed by atoms with Gasteiger partial charge in [-0.15, -0.1) is 0 Å². The van der Waals surface area contributed by atoms with E-state index in [0.29, 0.717) is 23.4 Å². The molecule has 4 aromatic rings. The highest BCUT2D eigenvalue weighted by molar-refractivity contribution is 9.09. The van der Waals surface area contributed by atoms with E-state index in [4.69, 9.17) is 9.72 Å². The summed E-state index contributed by atoms with van der Waals surface area (Å²) in [5.74, 6) is -0.731. The van der Waals surface area contributed by atoms with Gasteiger partial charge in [0.05, 0.1) is 34.5 Å². The van der Waals surface area contributed by atoms with Crippen molar-refractivity contribution in [1.29, 1.82) is 0 Å². The maximum Gasteiger partial charge on any atom is 0.340 e. The van der Waals surface area contributed by atoms with Crippen LogP contribution < -0.4 is 5.56 Å². The summed E-state index contributed by atoms with van der Waals surface area (Å²) in [7, 11) is 0. The number of halogens is 1. The molecule has 5 heterocycles. The van der Waals surface area contributed by atoms with Crippen molar-refractivity contribution in [3.63, 3.8) is 0 Å². The summed E-state index contributed by atoms with van der Waals surface area (Å²) < 4.78 is 6.70. The molecule has 0 fully saturated rings. The van der Waals surface area contributed by atoms with Crippen LogP contribution in [0.15, 0.2) is 41.3 Å². The standard InChI is InChI=1S/C25H20BrN3O4.C2H6.H2S/c26-8-2-1-4-13-16-11-29-20(10-15-17(24(29)31)12-33-25(32)23(15)30)22(16)28-19-7-6-18-14(21(13)19)5-3-9-27-18;1-2;/h3,5-7,9-10,23,30H,1-2,4,8,11-12H2;1-2H3;1H2. The Kier molecular flexibility index (Phi) is 7.82. The van der Waals surface area contributed by atoms with E-state index in [-0.39, 0.29) is 25.7 Å². The molecule has 0 amide bonds. The number of hydrogen-bond donors (Lipinski definition) is 1. The van der Waals surface area contributed by atoms with E-state index in [1.165, 1.54) is 5.56 Å². The minimum atomic E-state index is -1.45. The van der Waals surface area contributed by atoms with E-state index in [2.05, 4.69) is 27.0 Å². The summed E-state index contributed by atoms with van der Waals surface area (Å²) in [6.07, 6.45) is 3.22. The highest BCUT2D eigenvalue weighted by Crippen LogP contribution is 2.40. The molecule has 0 aliphatic carbocycles. The Morgan fingerprint density at radius 1 is 1.14 bits per heavy atom. The van der Waals surface area contributed by atoms with Crippen molar-refractivity contribution < 1.29 is 14.6 Å². The van der Waals surface area contributed by atoms with Crippen LogP contribution in [0, 0.1) is 0 Å². The Hall–Kier alpha value is -2.75. The monoisotopic (exact) mass is 569 g/mol. The van der Waals surface area contributed by atoms with E-state index in [1.807, 2.05) is 32.0 Å². The minimum absolute atomic E-state index is 0. The van der Waals surface area contributed by atoms with Crippen molar-refractivity contribution >= 4 is 57.2 Å². The van der Waals surface area contributed by atoms with Crippen molar-refractivity contribution in [2.24, 2.45) is 0 Å². The third-order valence-electron chi connectivity index (χ3n) is 6.63. The van der Waals surface area contributed by atoms with Crippen molar-refractivity contribution in [2.75, 3.05) is 5.33 Å². The Morgan fingerprint density at radius 3 is 2.69 bits per heavy atom. The number of fused-ring (bicyclic) bond motifs is 7. The van der Waals surface area contributed by atoms with Crippen LogP contribution in [-0.2, 0) is 29.1 Å². The second kappa shape index (κ2) is 10.7. The van der Waals surface area contributed by atoms with Crippen LogP contribution in [-0.4, -0.2) is 30.9 Å². The smallest absolute Gasteiger partial charge is 0.340 e. The van der Waals surface area contributed by atoms with Crippen molar-refractivity contribution in [2.45, 2.75) is 52.4 Å². The van der Waals surface area contributed by atoms with Gasteiger partial charge in [-0.2, -0.15) is 13.5 Å². The fourth-order valence-electron chi connectivity index (χ4n) is 5.04. The molecule has 0 spiro atoms. The Balaban J connectivity index is 0.000000990. The molecule has 0 saturated carbocycles. The van der Waals surface area contributed by atoms with Crippen LogP contribution in [0.1, 0.15) is 55.0 Å². The van der Waals surface area contributed by atoms with Gasteiger partial charge < -0.3 is 14.4 Å². The molecular formula is C27H28BrN3O4S. The first kappa shape index (κ1) is 26.3. The molecule has 2 aliphatic heterocycles. The second-order valence-electron chi connectivity index (χ2n) is 8.46. The average molecular weight is 571 g/mol. The molecule has 1 unspecified atom stereocenters. The van der Waals surface area contributed by atoms with Gasteiger partial charge in [-0.1, -0.05) is 35.8 Å². The third kappa shape index (κ3) is 4.13. The van der Waals surface area contributed by atoms with Gasteiger partial charge in [-0.05, 0) is 49.1 Å². The molecule has 0 radical (unpaired) electrons. The van der Waals surface area contributed by atoms with Crippen LogP contribution in [0.5, 0.6) is 0 Å². The van der Waals surface area contributed by atoms with Gasteiger partial charge in [0, 0.05) is 33.4 Å². The molecule has 1 N–H and O–H groups in total. The lowest BCUT2D eigenvalue weighted by atomic mass is 9.93. The summed E-state index contributed by atoms with van der Waals surface area (Å²) in [5.41, 5.74) is 5.76. The zero-order chi connectivity index (χ0) is 24.7. The second-order valence-corrected chi connectivity index (χ2v) is 9.25. The van der Waals surface area contributed by atoms with Crippen LogP contribution in [0.2, 0.25) is 0 Å². The zero-order valence-corrected chi connectivity index (χ0v) is 22.8. The lowest BCUT2D eigenvalue weighted by molar-refractivity contribution is -0.157. The van der Waals surface area contributed by atoms with E-state index < -0.39 is 12.1 Å². The number of aliphatic hydroxyl groups is 1. The number of aliphatic hydroxyl groups excluding tert-OH is 1. The molecule has 6 rings (SSSR count). The number of pyridine rings is 3. The highest BCUT2D eigenvalue weighted by Gasteiger charge is 2.34. The number of carbonyl (C=O) groups excluding carboxylic acids is 1. The summed E-state index contributed by atoms with van der Waals surface area (Å²) in [5, 5.41) is 13.4. The summed E-state index contributed by atoms with van der Waals surface area (Å²) >= 11 is 3.52. The van der Waals surface area contributed by atoms with Crippen LogP contribution in [0.3, 0.4) is 0 Å².